The van der Waals surface area contributed by atoms with Crippen LogP contribution in [0, 0.1) is 0 Å². The van der Waals surface area contributed by atoms with Crippen molar-refractivity contribution in [1.29, 1.82) is 0 Å². The molecule has 0 spiro atoms. The fourth-order valence-corrected chi connectivity index (χ4v) is 3.65. The largest absolute Gasteiger partial charge is 0.355 e. The molecule has 1 amide bonds. The molecule has 0 aliphatic carbocycles. The van der Waals surface area contributed by atoms with Gasteiger partial charge in [-0.05, 0) is 26.0 Å². The summed E-state index contributed by atoms with van der Waals surface area (Å²) in [6, 6.07) is 4.14. The highest BCUT2D eigenvalue weighted by Crippen LogP contribution is 2.23. The van der Waals surface area contributed by atoms with Gasteiger partial charge < -0.3 is 14.8 Å². The average molecular weight is 345 g/mol. The smallest absolute Gasteiger partial charge is 0.240 e. The van der Waals surface area contributed by atoms with E-state index in [0.717, 1.165) is 41.8 Å². The molecule has 1 N–H and O–H groups in total. The van der Waals surface area contributed by atoms with Crippen LogP contribution in [0.3, 0.4) is 0 Å². The standard InChI is InChI=1S/C17H23N5OS/c1-13(2)20-16(23)12-22-6-5-19-17(22)14-3-4-18-15(11-14)21-7-9-24-10-8-21/h3-6,11,13H,7-10,12H2,1-2H3,(H,20,23). The van der Waals surface area contributed by atoms with E-state index in [1.165, 1.54) is 0 Å². The van der Waals surface area contributed by atoms with Crippen LogP contribution in [0.1, 0.15) is 13.8 Å². The fraction of sp³-hybridized carbons (Fsp3) is 0.471. The number of amides is 1. The minimum Gasteiger partial charge on any atom is -0.355 e. The van der Waals surface area contributed by atoms with Crippen LogP contribution in [0.15, 0.2) is 30.7 Å². The van der Waals surface area contributed by atoms with E-state index in [9.17, 15) is 4.79 Å². The molecule has 1 fully saturated rings. The summed E-state index contributed by atoms with van der Waals surface area (Å²) in [7, 11) is 0. The highest BCUT2D eigenvalue weighted by molar-refractivity contribution is 7.99. The summed E-state index contributed by atoms with van der Waals surface area (Å²) in [6.45, 7) is 6.22. The lowest BCUT2D eigenvalue weighted by atomic mass is 10.2. The molecule has 0 aromatic carbocycles. The molecule has 3 heterocycles. The van der Waals surface area contributed by atoms with Crippen molar-refractivity contribution in [2.45, 2.75) is 26.4 Å². The van der Waals surface area contributed by atoms with Crippen LogP contribution >= 0.6 is 11.8 Å². The summed E-state index contributed by atoms with van der Waals surface area (Å²) in [5.74, 6) is 4.04. The number of hydrogen-bond donors (Lipinski definition) is 1. The Bertz CT molecular complexity index is 694. The summed E-state index contributed by atoms with van der Waals surface area (Å²) in [6.07, 6.45) is 5.39. The SMILES string of the molecule is CC(C)NC(=O)Cn1ccnc1-c1ccnc(N2CCSCC2)c1. The maximum atomic E-state index is 12.0. The summed E-state index contributed by atoms with van der Waals surface area (Å²) < 4.78 is 1.88. The molecule has 0 atom stereocenters. The monoisotopic (exact) mass is 345 g/mol. The Kier molecular flexibility index (Phi) is 5.40. The lowest BCUT2D eigenvalue weighted by Crippen LogP contribution is -2.33. The Morgan fingerprint density at radius 3 is 2.83 bits per heavy atom. The second-order valence-electron chi connectivity index (χ2n) is 6.10. The van der Waals surface area contributed by atoms with E-state index in [2.05, 4.69) is 26.3 Å². The van der Waals surface area contributed by atoms with E-state index in [4.69, 9.17) is 0 Å². The fourth-order valence-electron chi connectivity index (χ4n) is 2.74. The molecule has 6 nitrogen and oxygen atoms in total. The number of anilines is 1. The quantitative estimate of drug-likeness (QED) is 0.898. The van der Waals surface area contributed by atoms with E-state index in [1.54, 1.807) is 6.20 Å². The van der Waals surface area contributed by atoms with Gasteiger partial charge >= 0.3 is 0 Å². The molecular formula is C17H23N5OS. The molecule has 24 heavy (non-hydrogen) atoms. The van der Waals surface area contributed by atoms with Gasteiger partial charge in [0, 0.05) is 54.8 Å². The number of imidazole rings is 1. The van der Waals surface area contributed by atoms with Crippen LogP contribution < -0.4 is 10.2 Å². The van der Waals surface area contributed by atoms with Crippen molar-refractivity contribution in [1.82, 2.24) is 19.9 Å². The third kappa shape index (κ3) is 4.08. The van der Waals surface area contributed by atoms with Gasteiger partial charge in [-0.2, -0.15) is 11.8 Å². The summed E-state index contributed by atoms with van der Waals surface area (Å²) in [4.78, 5) is 23.3. The molecule has 1 aliphatic heterocycles. The second kappa shape index (κ2) is 7.70. The molecule has 2 aromatic rings. The molecule has 2 aromatic heterocycles. The van der Waals surface area contributed by atoms with E-state index in [1.807, 2.05) is 48.6 Å². The van der Waals surface area contributed by atoms with Crippen molar-refractivity contribution in [3.63, 3.8) is 0 Å². The van der Waals surface area contributed by atoms with Crippen molar-refractivity contribution in [2.75, 3.05) is 29.5 Å². The Hall–Kier alpha value is -2.02. The lowest BCUT2D eigenvalue weighted by Gasteiger charge is -2.27. The van der Waals surface area contributed by atoms with Gasteiger partial charge in [0.2, 0.25) is 5.91 Å². The van der Waals surface area contributed by atoms with Gasteiger partial charge in [0.15, 0.2) is 0 Å². The summed E-state index contributed by atoms with van der Waals surface area (Å²) in [5, 5.41) is 2.91. The number of aromatic nitrogens is 3. The van der Waals surface area contributed by atoms with E-state index in [0.29, 0.717) is 0 Å². The minimum atomic E-state index is -0.00779. The predicted molar refractivity (Wildman–Crippen MR) is 98.3 cm³/mol. The number of nitrogens with zero attached hydrogens (tertiary/aromatic N) is 4. The van der Waals surface area contributed by atoms with Crippen LogP contribution in [0.25, 0.3) is 11.4 Å². The van der Waals surface area contributed by atoms with Crippen molar-refractivity contribution in [2.24, 2.45) is 0 Å². The molecule has 0 radical (unpaired) electrons. The zero-order valence-electron chi connectivity index (χ0n) is 14.1. The summed E-state index contributed by atoms with van der Waals surface area (Å²) >= 11 is 1.98. The minimum absolute atomic E-state index is 0.00779. The van der Waals surface area contributed by atoms with Crippen molar-refractivity contribution in [3.8, 4) is 11.4 Å². The highest BCUT2D eigenvalue weighted by Gasteiger charge is 2.15. The first-order valence-electron chi connectivity index (χ1n) is 8.23. The molecule has 0 saturated carbocycles. The normalized spacial score (nSPS) is 14.9. The number of thioether (sulfide) groups is 1. The van der Waals surface area contributed by atoms with Crippen LogP contribution in [0.4, 0.5) is 5.82 Å². The molecule has 0 unspecified atom stereocenters. The van der Waals surface area contributed by atoms with Crippen molar-refractivity contribution in [3.05, 3.63) is 30.7 Å². The highest BCUT2D eigenvalue weighted by atomic mass is 32.2. The molecule has 3 rings (SSSR count). The van der Waals surface area contributed by atoms with Gasteiger partial charge in [-0.25, -0.2) is 9.97 Å². The van der Waals surface area contributed by atoms with Crippen molar-refractivity contribution < 1.29 is 4.79 Å². The molecule has 1 aliphatic rings. The van der Waals surface area contributed by atoms with Crippen LogP contribution in [-0.4, -0.2) is 51.1 Å². The van der Waals surface area contributed by atoms with Gasteiger partial charge in [-0.1, -0.05) is 0 Å². The maximum absolute atomic E-state index is 12.0. The third-order valence-electron chi connectivity index (χ3n) is 3.82. The van der Waals surface area contributed by atoms with Crippen LogP contribution in [-0.2, 0) is 11.3 Å². The van der Waals surface area contributed by atoms with Gasteiger partial charge in [-0.15, -0.1) is 0 Å². The van der Waals surface area contributed by atoms with Gasteiger partial charge in [0.25, 0.3) is 0 Å². The Morgan fingerprint density at radius 2 is 2.08 bits per heavy atom. The number of pyridine rings is 1. The molecular weight excluding hydrogens is 322 g/mol. The van der Waals surface area contributed by atoms with Gasteiger partial charge in [0.05, 0.1) is 0 Å². The number of carbonyl (C=O) groups excluding carboxylic acids is 1. The zero-order valence-corrected chi connectivity index (χ0v) is 14.9. The average Bonchev–Trinajstić information content (AvgIpc) is 3.03. The molecule has 128 valence electrons. The van der Waals surface area contributed by atoms with Crippen molar-refractivity contribution >= 4 is 23.5 Å². The predicted octanol–water partition coefficient (Wildman–Crippen LogP) is 2.02. The summed E-state index contributed by atoms with van der Waals surface area (Å²) in [5.41, 5.74) is 0.987. The third-order valence-corrected chi connectivity index (χ3v) is 4.76. The maximum Gasteiger partial charge on any atom is 0.240 e. The second-order valence-corrected chi connectivity index (χ2v) is 7.33. The lowest BCUT2D eigenvalue weighted by molar-refractivity contribution is -0.122. The first-order chi connectivity index (χ1) is 11.6. The van der Waals surface area contributed by atoms with Crippen LogP contribution in [0.2, 0.25) is 0 Å². The molecule has 7 heteroatoms. The molecule has 0 bridgehead atoms. The van der Waals surface area contributed by atoms with E-state index in [-0.39, 0.29) is 18.5 Å². The zero-order chi connectivity index (χ0) is 16.9. The Morgan fingerprint density at radius 1 is 1.29 bits per heavy atom. The van der Waals surface area contributed by atoms with Gasteiger partial charge in [0.1, 0.15) is 18.2 Å². The Labute approximate surface area is 146 Å². The molecule has 1 saturated heterocycles. The van der Waals surface area contributed by atoms with Gasteiger partial charge in [-0.3, -0.25) is 4.79 Å². The number of carbonyl (C=O) groups is 1. The van der Waals surface area contributed by atoms with E-state index >= 15 is 0 Å². The van der Waals surface area contributed by atoms with Crippen LogP contribution in [0.5, 0.6) is 0 Å². The Balaban J connectivity index is 1.79. The topological polar surface area (TPSA) is 63.1 Å². The number of hydrogen-bond acceptors (Lipinski definition) is 5. The van der Waals surface area contributed by atoms with E-state index < -0.39 is 0 Å². The first kappa shape index (κ1) is 16.8. The number of nitrogens with one attached hydrogen (secondary N) is 1. The first-order valence-corrected chi connectivity index (χ1v) is 9.38. The number of rotatable bonds is 5.